The van der Waals surface area contributed by atoms with E-state index in [1.54, 1.807) is 6.92 Å². The highest BCUT2D eigenvalue weighted by Gasteiger charge is 2.29. The van der Waals surface area contributed by atoms with Gasteiger partial charge in [0.05, 0.1) is 18.8 Å². The van der Waals surface area contributed by atoms with Crippen LogP contribution in [0.15, 0.2) is 41.6 Å². The Balaban J connectivity index is 2.08. The van der Waals surface area contributed by atoms with Gasteiger partial charge in [-0.1, -0.05) is 30.3 Å². The van der Waals surface area contributed by atoms with Crippen molar-refractivity contribution in [2.75, 3.05) is 13.2 Å². The molecule has 0 saturated heterocycles. The second-order valence-corrected chi connectivity index (χ2v) is 4.10. The molecule has 0 unspecified atom stereocenters. The number of hydrogen-bond donors (Lipinski definition) is 2. The summed E-state index contributed by atoms with van der Waals surface area (Å²) in [6.45, 7) is 2.86. The minimum absolute atomic E-state index is 0.0813. The fraction of sp³-hybridized carbons (Fsp3) is 0.286. The molecule has 0 atom stereocenters. The second kappa shape index (κ2) is 6.04. The number of carbonyl (C=O) groups is 2. The summed E-state index contributed by atoms with van der Waals surface area (Å²) in [5.74, 6) is -0.956. The zero-order valence-corrected chi connectivity index (χ0v) is 10.7. The summed E-state index contributed by atoms with van der Waals surface area (Å²) < 4.78 is 4.88. The lowest BCUT2D eigenvalue weighted by molar-refractivity contribution is -0.140. The molecule has 2 N–H and O–H groups in total. The van der Waals surface area contributed by atoms with E-state index in [1.807, 2.05) is 30.3 Å². The molecule has 0 radical (unpaired) electrons. The quantitative estimate of drug-likeness (QED) is 0.605. The molecule has 100 valence electrons. The average molecular weight is 260 g/mol. The molecular weight excluding hydrogens is 244 g/mol. The van der Waals surface area contributed by atoms with Crippen LogP contribution in [0.3, 0.4) is 0 Å². The molecule has 2 rings (SSSR count). The largest absolute Gasteiger partial charge is 0.462 e. The first kappa shape index (κ1) is 13.1. The molecule has 1 aliphatic rings. The molecule has 0 bridgehead atoms. The van der Waals surface area contributed by atoms with E-state index in [9.17, 15) is 9.59 Å². The molecule has 0 spiro atoms. The second-order valence-electron chi connectivity index (χ2n) is 4.10. The van der Waals surface area contributed by atoms with Crippen LogP contribution in [-0.2, 0) is 20.9 Å². The Morgan fingerprint density at radius 1 is 1.37 bits per heavy atom. The fourth-order valence-corrected chi connectivity index (χ4v) is 1.86. The van der Waals surface area contributed by atoms with Crippen LogP contribution in [0.25, 0.3) is 0 Å². The molecule has 1 aromatic carbocycles. The van der Waals surface area contributed by atoms with E-state index in [1.165, 1.54) is 0 Å². The molecule has 1 heterocycles. The molecule has 5 heteroatoms. The summed E-state index contributed by atoms with van der Waals surface area (Å²) in [4.78, 5) is 23.3. The van der Waals surface area contributed by atoms with Gasteiger partial charge in [0.25, 0.3) is 5.91 Å². The molecule has 0 aromatic heterocycles. The Kier molecular flexibility index (Phi) is 4.18. The summed E-state index contributed by atoms with van der Waals surface area (Å²) in [5, 5.41) is 5.73. The summed E-state index contributed by atoms with van der Waals surface area (Å²) in [7, 11) is 0. The number of nitrogens with one attached hydrogen (secondary N) is 2. The van der Waals surface area contributed by atoms with Crippen LogP contribution in [-0.4, -0.2) is 25.0 Å². The van der Waals surface area contributed by atoms with Crippen LogP contribution in [0.1, 0.15) is 12.5 Å². The first-order valence-corrected chi connectivity index (χ1v) is 6.18. The normalized spacial score (nSPS) is 14.3. The van der Waals surface area contributed by atoms with E-state index in [-0.39, 0.29) is 18.1 Å². The van der Waals surface area contributed by atoms with Crippen molar-refractivity contribution in [2.45, 2.75) is 13.5 Å². The van der Waals surface area contributed by atoms with Gasteiger partial charge in [-0.15, -0.1) is 0 Å². The number of ether oxygens (including phenoxy) is 1. The Bertz CT molecular complexity index is 509. The van der Waals surface area contributed by atoms with Crippen molar-refractivity contribution in [2.24, 2.45) is 0 Å². The molecular formula is C14H16N2O3. The van der Waals surface area contributed by atoms with Gasteiger partial charge in [-0.2, -0.15) is 0 Å². The topological polar surface area (TPSA) is 67.4 Å². The Hall–Kier alpha value is -2.30. The van der Waals surface area contributed by atoms with E-state index in [4.69, 9.17) is 4.74 Å². The first-order valence-electron chi connectivity index (χ1n) is 6.18. The van der Waals surface area contributed by atoms with Gasteiger partial charge >= 0.3 is 5.97 Å². The highest BCUT2D eigenvalue weighted by Crippen LogP contribution is 2.11. The number of hydrogen-bond acceptors (Lipinski definition) is 4. The molecule has 19 heavy (non-hydrogen) atoms. The van der Waals surface area contributed by atoms with Crippen LogP contribution in [0, 0.1) is 0 Å². The third-order valence-corrected chi connectivity index (χ3v) is 2.78. The third-order valence-electron chi connectivity index (χ3n) is 2.78. The van der Waals surface area contributed by atoms with Gasteiger partial charge in [0, 0.05) is 6.54 Å². The average Bonchev–Trinajstić information content (AvgIpc) is 2.79. The van der Waals surface area contributed by atoms with Crippen LogP contribution in [0.2, 0.25) is 0 Å². The Morgan fingerprint density at radius 3 is 2.79 bits per heavy atom. The van der Waals surface area contributed by atoms with E-state index in [2.05, 4.69) is 10.6 Å². The maximum absolute atomic E-state index is 11.7. The van der Waals surface area contributed by atoms with Crippen molar-refractivity contribution < 1.29 is 14.3 Å². The van der Waals surface area contributed by atoms with Crippen molar-refractivity contribution >= 4 is 11.9 Å². The zero-order valence-electron chi connectivity index (χ0n) is 10.7. The number of amides is 1. The standard InChI is InChI=1S/C14H16N2O3/c1-2-19-14(18)12-11(9-16-13(12)17)15-8-10-6-4-3-5-7-10/h3-7,15H,2,8-9H2,1H3,(H,16,17). The Labute approximate surface area is 111 Å². The van der Waals surface area contributed by atoms with E-state index in [0.29, 0.717) is 18.8 Å². The predicted molar refractivity (Wildman–Crippen MR) is 70.0 cm³/mol. The van der Waals surface area contributed by atoms with Gasteiger partial charge in [-0.3, -0.25) is 4.79 Å². The summed E-state index contributed by atoms with van der Waals surface area (Å²) in [5.41, 5.74) is 1.75. The maximum Gasteiger partial charge on any atom is 0.345 e. The minimum Gasteiger partial charge on any atom is -0.462 e. The van der Waals surface area contributed by atoms with Crippen molar-refractivity contribution in [1.29, 1.82) is 0 Å². The number of esters is 1. The SMILES string of the molecule is CCOC(=O)C1=C(NCc2ccccc2)CNC1=O. The lowest BCUT2D eigenvalue weighted by atomic mass is 10.2. The van der Waals surface area contributed by atoms with Gasteiger partial charge in [0.2, 0.25) is 0 Å². The lowest BCUT2D eigenvalue weighted by Gasteiger charge is -2.08. The van der Waals surface area contributed by atoms with Crippen molar-refractivity contribution in [3.05, 3.63) is 47.2 Å². The van der Waals surface area contributed by atoms with Gasteiger partial charge in [0.1, 0.15) is 5.57 Å². The molecule has 1 aromatic rings. The maximum atomic E-state index is 11.7. The highest BCUT2D eigenvalue weighted by atomic mass is 16.5. The van der Waals surface area contributed by atoms with E-state index in [0.717, 1.165) is 5.56 Å². The lowest BCUT2D eigenvalue weighted by Crippen LogP contribution is -2.22. The van der Waals surface area contributed by atoms with Crippen LogP contribution < -0.4 is 10.6 Å². The summed E-state index contributed by atoms with van der Waals surface area (Å²) in [6.07, 6.45) is 0. The molecule has 0 aliphatic carbocycles. The van der Waals surface area contributed by atoms with Crippen molar-refractivity contribution in [3.8, 4) is 0 Å². The van der Waals surface area contributed by atoms with Crippen LogP contribution in [0.4, 0.5) is 0 Å². The molecule has 1 amide bonds. The summed E-state index contributed by atoms with van der Waals surface area (Å²) in [6, 6.07) is 9.77. The molecule has 0 saturated carbocycles. The molecule has 0 fully saturated rings. The smallest absolute Gasteiger partial charge is 0.345 e. The van der Waals surface area contributed by atoms with Gasteiger partial charge < -0.3 is 15.4 Å². The third kappa shape index (κ3) is 3.13. The van der Waals surface area contributed by atoms with Crippen molar-refractivity contribution in [1.82, 2.24) is 10.6 Å². The van der Waals surface area contributed by atoms with Crippen LogP contribution >= 0.6 is 0 Å². The number of rotatable bonds is 5. The zero-order chi connectivity index (χ0) is 13.7. The first-order chi connectivity index (χ1) is 9.22. The van der Waals surface area contributed by atoms with Crippen LogP contribution in [0.5, 0.6) is 0 Å². The van der Waals surface area contributed by atoms with Crippen molar-refractivity contribution in [3.63, 3.8) is 0 Å². The van der Waals surface area contributed by atoms with E-state index >= 15 is 0 Å². The predicted octanol–water partition coefficient (Wildman–Crippen LogP) is 0.723. The molecule has 1 aliphatic heterocycles. The monoisotopic (exact) mass is 260 g/mol. The van der Waals surface area contributed by atoms with Gasteiger partial charge in [-0.05, 0) is 12.5 Å². The summed E-state index contributed by atoms with van der Waals surface area (Å²) >= 11 is 0. The Morgan fingerprint density at radius 2 is 2.11 bits per heavy atom. The minimum atomic E-state index is -0.576. The number of benzene rings is 1. The fourth-order valence-electron chi connectivity index (χ4n) is 1.86. The number of carbonyl (C=O) groups excluding carboxylic acids is 2. The molecule has 5 nitrogen and oxygen atoms in total. The van der Waals surface area contributed by atoms with E-state index < -0.39 is 5.97 Å². The van der Waals surface area contributed by atoms with Gasteiger partial charge in [-0.25, -0.2) is 4.79 Å². The highest BCUT2D eigenvalue weighted by molar-refractivity contribution is 6.18. The van der Waals surface area contributed by atoms with Gasteiger partial charge in [0.15, 0.2) is 0 Å².